The largest absolute Gasteiger partial charge is 0.489 e. The smallest absolute Gasteiger partial charge is 0.221 e. The van der Waals surface area contributed by atoms with Gasteiger partial charge in [-0.3, -0.25) is 9.78 Å². The first-order chi connectivity index (χ1) is 11.1. The lowest BCUT2D eigenvalue weighted by Crippen LogP contribution is -2.13. The number of fused-ring (bicyclic) bond motifs is 1. The van der Waals surface area contributed by atoms with E-state index in [1.807, 2.05) is 55.5 Å². The van der Waals surface area contributed by atoms with Crippen LogP contribution in [0.3, 0.4) is 0 Å². The maximum Gasteiger partial charge on any atom is 0.221 e. The first kappa shape index (κ1) is 15.0. The van der Waals surface area contributed by atoms with E-state index in [-0.39, 0.29) is 12.3 Å². The highest BCUT2D eigenvalue weighted by Crippen LogP contribution is 2.21. The Morgan fingerprint density at radius 3 is 2.61 bits per heavy atom. The molecule has 4 nitrogen and oxygen atoms in total. The molecule has 0 atom stereocenters. The molecule has 0 saturated carbocycles. The van der Waals surface area contributed by atoms with E-state index < -0.39 is 0 Å². The second-order valence-corrected chi connectivity index (χ2v) is 5.52. The van der Waals surface area contributed by atoms with E-state index in [1.165, 1.54) is 0 Å². The van der Waals surface area contributed by atoms with Crippen LogP contribution in [0.4, 0.5) is 0 Å². The standard InChI is InChI=1S/C19H18N2O2/c1-13-10-15(17-4-2-3-5-18(17)21-13)12-23-16-8-6-14(7-9-16)11-19(20)22/h2-10H,11-12H2,1H3,(H2,20,22). The van der Waals surface area contributed by atoms with Crippen molar-refractivity contribution in [2.75, 3.05) is 0 Å². The van der Waals surface area contributed by atoms with Crippen molar-refractivity contribution < 1.29 is 9.53 Å². The molecule has 2 aromatic carbocycles. The minimum absolute atomic E-state index is 0.245. The molecule has 3 aromatic rings. The fourth-order valence-electron chi connectivity index (χ4n) is 2.58. The predicted molar refractivity (Wildman–Crippen MR) is 90.2 cm³/mol. The number of aryl methyl sites for hydroxylation is 1. The Kier molecular flexibility index (Phi) is 4.24. The highest BCUT2D eigenvalue weighted by atomic mass is 16.5. The molecule has 116 valence electrons. The minimum Gasteiger partial charge on any atom is -0.489 e. The van der Waals surface area contributed by atoms with E-state index >= 15 is 0 Å². The van der Waals surface area contributed by atoms with Crippen molar-refractivity contribution in [3.8, 4) is 5.75 Å². The summed E-state index contributed by atoms with van der Waals surface area (Å²) in [5, 5.41) is 1.10. The van der Waals surface area contributed by atoms with Gasteiger partial charge in [0.05, 0.1) is 11.9 Å². The highest BCUT2D eigenvalue weighted by molar-refractivity contribution is 5.82. The number of primary amides is 1. The number of ether oxygens (including phenoxy) is 1. The molecule has 0 unspecified atom stereocenters. The second-order valence-electron chi connectivity index (χ2n) is 5.52. The maximum absolute atomic E-state index is 10.9. The number of rotatable bonds is 5. The number of nitrogens with two attached hydrogens (primary N) is 1. The summed E-state index contributed by atoms with van der Waals surface area (Å²) in [4.78, 5) is 15.4. The van der Waals surface area contributed by atoms with E-state index in [9.17, 15) is 4.79 Å². The van der Waals surface area contributed by atoms with Crippen LogP contribution in [0.5, 0.6) is 5.75 Å². The maximum atomic E-state index is 10.9. The molecule has 0 spiro atoms. The zero-order valence-electron chi connectivity index (χ0n) is 13.0. The van der Waals surface area contributed by atoms with Crippen molar-refractivity contribution in [2.24, 2.45) is 5.73 Å². The molecule has 1 aromatic heterocycles. The van der Waals surface area contributed by atoms with Gasteiger partial charge < -0.3 is 10.5 Å². The molecule has 0 aliphatic rings. The lowest BCUT2D eigenvalue weighted by molar-refractivity contribution is -0.117. The fourth-order valence-corrected chi connectivity index (χ4v) is 2.58. The Balaban J connectivity index is 1.77. The normalized spacial score (nSPS) is 10.7. The van der Waals surface area contributed by atoms with Gasteiger partial charge in [-0.25, -0.2) is 0 Å². The van der Waals surface area contributed by atoms with Crippen LogP contribution in [-0.2, 0) is 17.8 Å². The molecule has 2 N–H and O–H groups in total. The van der Waals surface area contributed by atoms with Crippen molar-refractivity contribution in [1.82, 2.24) is 4.98 Å². The van der Waals surface area contributed by atoms with Crippen LogP contribution in [0.15, 0.2) is 54.6 Å². The number of pyridine rings is 1. The number of carbonyl (C=O) groups excluding carboxylic acids is 1. The molecule has 0 saturated heterocycles. The summed E-state index contributed by atoms with van der Waals surface area (Å²) in [6.07, 6.45) is 0.245. The summed E-state index contributed by atoms with van der Waals surface area (Å²) in [5.41, 5.74) is 9.12. The second kappa shape index (κ2) is 6.48. The van der Waals surface area contributed by atoms with Crippen LogP contribution < -0.4 is 10.5 Å². The summed E-state index contributed by atoms with van der Waals surface area (Å²) < 4.78 is 5.87. The van der Waals surface area contributed by atoms with Crippen molar-refractivity contribution in [1.29, 1.82) is 0 Å². The summed E-state index contributed by atoms with van der Waals surface area (Å²) in [5.74, 6) is 0.425. The molecule has 0 bridgehead atoms. The third kappa shape index (κ3) is 3.66. The molecule has 3 rings (SSSR count). The number of hydrogen-bond donors (Lipinski definition) is 1. The number of hydrogen-bond acceptors (Lipinski definition) is 3. The summed E-state index contributed by atoms with van der Waals surface area (Å²) in [6.45, 7) is 2.45. The number of nitrogens with zero attached hydrogens (tertiary/aromatic N) is 1. The minimum atomic E-state index is -0.336. The topological polar surface area (TPSA) is 65.2 Å². The van der Waals surface area contributed by atoms with Gasteiger partial charge in [-0.15, -0.1) is 0 Å². The Labute approximate surface area is 134 Å². The van der Waals surface area contributed by atoms with Crippen LogP contribution in [0.1, 0.15) is 16.8 Å². The number of aromatic nitrogens is 1. The Bertz CT molecular complexity index is 842. The molecule has 23 heavy (non-hydrogen) atoms. The third-order valence-electron chi connectivity index (χ3n) is 3.63. The van der Waals surface area contributed by atoms with E-state index in [4.69, 9.17) is 10.5 Å². The average molecular weight is 306 g/mol. The molecule has 1 heterocycles. The molecule has 0 aliphatic carbocycles. The SMILES string of the molecule is Cc1cc(COc2ccc(CC(N)=O)cc2)c2ccccc2n1. The van der Waals surface area contributed by atoms with Crippen LogP contribution in [0.25, 0.3) is 10.9 Å². The molecule has 0 fully saturated rings. The number of benzene rings is 2. The van der Waals surface area contributed by atoms with Gasteiger partial charge in [-0.1, -0.05) is 30.3 Å². The first-order valence-electron chi connectivity index (χ1n) is 7.47. The monoisotopic (exact) mass is 306 g/mol. The van der Waals surface area contributed by atoms with Gasteiger partial charge in [0.15, 0.2) is 0 Å². The van der Waals surface area contributed by atoms with E-state index in [2.05, 4.69) is 11.1 Å². The zero-order chi connectivity index (χ0) is 16.2. The molecule has 0 radical (unpaired) electrons. The zero-order valence-corrected chi connectivity index (χ0v) is 13.0. The van der Waals surface area contributed by atoms with E-state index in [1.54, 1.807) is 0 Å². The van der Waals surface area contributed by atoms with Gasteiger partial charge in [0.2, 0.25) is 5.91 Å². The van der Waals surface area contributed by atoms with Crippen molar-refractivity contribution in [2.45, 2.75) is 20.0 Å². The van der Waals surface area contributed by atoms with Crippen molar-refractivity contribution in [3.05, 3.63) is 71.4 Å². The summed E-state index contributed by atoms with van der Waals surface area (Å²) in [6, 6.07) is 17.5. The molecular weight excluding hydrogens is 288 g/mol. The van der Waals surface area contributed by atoms with Crippen LogP contribution >= 0.6 is 0 Å². The van der Waals surface area contributed by atoms with E-state index in [0.29, 0.717) is 6.61 Å². The van der Waals surface area contributed by atoms with Crippen LogP contribution in [0.2, 0.25) is 0 Å². The van der Waals surface area contributed by atoms with E-state index in [0.717, 1.165) is 33.5 Å². The number of carbonyl (C=O) groups is 1. The summed E-state index contributed by atoms with van der Waals surface area (Å²) in [7, 11) is 0. The van der Waals surface area contributed by atoms with Gasteiger partial charge in [0.1, 0.15) is 12.4 Å². The van der Waals surface area contributed by atoms with Crippen molar-refractivity contribution >= 4 is 16.8 Å². The lowest BCUT2D eigenvalue weighted by Gasteiger charge is -2.10. The van der Waals surface area contributed by atoms with Gasteiger partial charge >= 0.3 is 0 Å². The molecule has 1 amide bonds. The van der Waals surface area contributed by atoms with Crippen LogP contribution in [0, 0.1) is 6.92 Å². The first-order valence-corrected chi connectivity index (χ1v) is 7.47. The van der Waals surface area contributed by atoms with Gasteiger partial charge in [0, 0.05) is 16.6 Å². The third-order valence-corrected chi connectivity index (χ3v) is 3.63. The average Bonchev–Trinajstić information content (AvgIpc) is 2.53. The Morgan fingerprint density at radius 2 is 1.87 bits per heavy atom. The van der Waals surface area contributed by atoms with Gasteiger partial charge in [0.25, 0.3) is 0 Å². The number of para-hydroxylation sites is 1. The molecular formula is C19H18N2O2. The quantitative estimate of drug-likeness (QED) is 0.787. The Morgan fingerprint density at radius 1 is 1.13 bits per heavy atom. The highest BCUT2D eigenvalue weighted by Gasteiger charge is 2.05. The fraction of sp³-hybridized carbons (Fsp3) is 0.158. The summed E-state index contributed by atoms with van der Waals surface area (Å²) >= 11 is 0. The lowest BCUT2D eigenvalue weighted by atomic mass is 10.1. The Hall–Kier alpha value is -2.88. The number of amides is 1. The molecule has 4 heteroatoms. The van der Waals surface area contributed by atoms with Gasteiger partial charge in [-0.05, 0) is 36.8 Å². The predicted octanol–water partition coefficient (Wildman–Crippen LogP) is 3.15. The van der Waals surface area contributed by atoms with Gasteiger partial charge in [-0.2, -0.15) is 0 Å². The van der Waals surface area contributed by atoms with Crippen molar-refractivity contribution in [3.63, 3.8) is 0 Å². The molecule has 0 aliphatic heterocycles. The van der Waals surface area contributed by atoms with Crippen LogP contribution in [-0.4, -0.2) is 10.9 Å².